The molecular weight excluding hydrogens is 484 g/mol. The zero-order valence-corrected chi connectivity index (χ0v) is 19.6. The Balaban J connectivity index is 2.79. The number of aliphatic hydroxyl groups is 1. The molecule has 0 radical (unpaired) electrons. The predicted octanol–water partition coefficient (Wildman–Crippen LogP) is -4.49. The maximum absolute atomic E-state index is 12.6. The summed E-state index contributed by atoms with van der Waals surface area (Å²) >= 11 is 0. The number of carboxylic acids is 2. The Morgan fingerprint density at radius 2 is 1.50 bits per heavy atom. The van der Waals surface area contributed by atoms with Crippen LogP contribution < -0.4 is 32.3 Å². The number of carbonyl (C=O) groups is 7. The quantitative estimate of drug-likeness (QED) is 0.100. The van der Waals surface area contributed by atoms with Crippen LogP contribution in [0.5, 0.6) is 0 Å². The number of carbonyl (C=O) groups excluding carboxylic acids is 5. The van der Waals surface area contributed by atoms with Crippen LogP contribution in [0.2, 0.25) is 0 Å². The number of nitrogens with one attached hydrogen (secondary N) is 5. The third-order valence-corrected chi connectivity index (χ3v) is 5.24. The van der Waals surface area contributed by atoms with Gasteiger partial charge in [-0.25, -0.2) is 4.79 Å². The van der Waals surface area contributed by atoms with Crippen LogP contribution in [0.3, 0.4) is 0 Å². The fourth-order valence-corrected chi connectivity index (χ4v) is 3.26. The van der Waals surface area contributed by atoms with E-state index < -0.39 is 97.6 Å². The summed E-state index contributed by atoms with van der Waals surface area (Å²) in [6, 6.07) is -6.43. The van der Waals surface area contributed by atoms with Crippen molar-refractivity contribution in [1.29, 1.82) is 0 Å². The highest BCUT2D eigenvalue weighted by Crippen LogP contribution is 2.05. The molecular formula is C20H32N6O10. The van der Waals surface area contributed by atoms with E-state index in [-0.39, 0.29) is 0 Å². The number of aliphatic carboxylic acids is 2. The Morgan fingerprint density at radius 3 is 2.00 bits per heavy atom. The first kappa shape index (κ1) is 30.2. The molecule has 0 aliphatic carbocycles. The van der Waals surface area contributed by atoms with E-state index in [2.05, 4.69) is 21.3 Å². The lowest BCUT2D eigenvalue weighted by molar-refractivity contribution is -0.143. The monoisotopic (exact) mass is 516 g/mol. The van der Waals surface area contributed by atoms with E-state index in [9.17, 15) is 43.8 Å². The molecule has 1 rings (SSSR count). The van der Waals surface area contributed by atoms with Crippen molar-refractivity contribution in [3.8, 4) is 0 Å². The summed E-state index contributed by atoms with van der Waals surface area (Å²) in [5.74, 6) is -7.34. The van der Waals surface area contributed by atoms with Crippen molar-refractivity contribution in [2.75, 3.05) is 13.2 Å². The summed E-state index contributed by atoms with van der Waals surface area (Å²) in [5.41, 5.74) is 5.09. The normalized spacial score (nSPS) is 18.1. The molecule has 36 heavy (non-hydrogen) atoms. The van der Waals surface area contributed by atoms with Crippen LogP contribution in [0.4, 0.5) is 0 Å². The van der Waals surface area contributed by atoms with Gasteiger partial charge in [0.15, 0.2) is 0 Å². The van der Waals surface area contributed by atoms with Crippen LogP contribution in [0.15, 0.2) is 0 Å². The highest BCUT2D eigenvalue weighted by molar-refractivity contribution is 5.96. The van der Waals surface area contributed by atoms with E-state index in [4.69, 9.17) is 10.8 Å². The SMILES string of the molecule is C[C@H](NC(=O)[C@@H]1CCCN1)C(=O)N[C@@H](CO)C(=O)N[C@@H](CC(N)=O)C(=O)N[C@@H](CCC(=O)O)C(=O)O. The predicted molar refractivity (Wildman–Crippen MR) is 120 cm³/mol. The first-order valence-corrected chi connectivity index (χ1v) is 11.1. The lowest BCUT2D eigenvalue weighted by Crippen LogP contribution is -2.59. The van der Waals surface area contributed by atoms with E-state index in [1.807, 2.05) is 5.32 Å². The van der Waals surface area contributed by atoms with Gasteiger partial charge in [0.2, 0.25) is 29.5 Å². The third-order valence-electron chi connectivity index (χ3n) is 5.24. The zero-order chi connectivity index (χ0) is 27.4. The second kappa shape index (κ2) is 14.6. The van der Waals surface area contributed by atoms with Crippen LogP contribution in [-0.2, 0) is 33.6 Å². The van der Waals surface area contributed by atoms with Gasteiger partial charge in [0.25, 0.3) is 0 Å². The summed E-state index contributed by atoms with van der Waals surface area (Å²) in [5, 5.41) is 39.2. The van der Waals surface area contributed by atoms with Gasteiger partial charge in [-0.15, -0.1) is 0 Å². The average Bonchev–Trinajstić information content (AvgIpc) is 3.33. The lowest BCUT2D eigenvalue weighted by atomic mass is 10.1. The van der Waals surface area contributed by atoms with Gasteiger partial charge in [0, 0.05) is 6.42 Å². The number of rotatable bonds is 15. The first-order valence-electron chi connectivity index (χ1n) is 11.1. The summed E-state index contributed by atoms with van der Waals surface area (Å²) in [7, 11) is 0. The van der Waals surface area contributed by atoms with E-state index in [0.29, 0.717) is 13.0 Å². The Kier molecular flexibility index (Phi) is 12.2. The van der Waals surface area contributed by atoms with Crippen LogP contribution in [0.1, 0.15) is 39.0 Å². The molecule has 1 heterocycles. The zero-order valence-electron chi connectivity index (χ0n) is 19.6. The molecule has 0 spiro atoms. The molecule has 1 saturated heterocycles. The number of amides is 5. The number of primary amides is 1. The van der Waals surface area contributed by atoms with Gasteiger partial charge in [-0.05, 0) is 32.7 Å². The summed E-state index contributed by atoms with van der Waals surface area (Å²) in [4.78, 5) is 83.0. The van der Waals surface area contributed by atoms with Crippen molar-refractivity contribution in [3.63, 3.8) is 0 Å². The van der Waals surface area contributed by atoms with Crippen molar-refractivity contribution in [3.05, 3.63) is 0 Å². The first-order chi connectivity index (χ1) is 16.8. The molecule has 1 fully saturated rings. The molecule has 5 atom stereocenters. The minimum Gasteiger partial charge on any atom is -0.481 e. The summed E-state index contributed by atoms with van der Waals surface area (Å²) < 4.78 is 0. The minimum atomic E-state index is -1.68. The molecule has 202 valence electrons. The topological polar surface area (TPSA) is 266 Å². The van der Waals surface area contributed by atoms with E-state index >= 15 is 0 Å². The van der Waals surface area contributed by atoms with E-state index in [1.165, 1.54) is 6.92 Å². The van der Waals surface area contributed by atoms with Gasteiger partial charge in [-0.2, -0.15) is 0 Å². The Hall–Kier alpha value is -3.79. The number of hydrogen-bond acceptors (Lipinski definition) is 9. The molecule has 16 nitrogen and oxygen atoms in total. The van der Waals surface area contributed by atoms with Gasteiger partial charge in [-0.3, -0.25) is 28.8 Å². The van der Waals surface area contributed by atoms with Gasteiger partial charge >= 0.3 is 11.9 Å². The second-order valence-corrected chi connectivity index (χ2v) is 8.19. The highest BCUT2D eigenvalue weighted by Gasteiger charge is 2.32. The van der Waals surface area contributed by atoms with Crippen LogP contribution in [0.25, 0.3) is 0 Å². The van der Waals surface area contributed by atoms with Gasteiger partial charge in [0.1, 0.15) is 24.2 Å². The maximum Gasteiger partial charge on any atom is 0.326 e. The number of carboxylic acid groups (broad SMARTS) is 2. The molecule has 0 saturated carbocycles. The molecule has 1 aliphatic rings. The van der Waals surface area contributed by atoms with Crippen molar-refractivity contribution < 1.29 is 48.9 Å². The second-order valence-electron chi connectivity index (χ2n) is 8.19. The molecule has 0 aromatic carbocycles. The van der Waals surface area contributed by atoms with Crippen molar-refractivity contribution >= 4 is 41.5 Å². The Bertz CT molecular complexity index is 860. The van der Waals surface area contributed by atoms with Gasteiger partial charge < -0.3 is 47.6 Å². The molecule has 16 heteroatoms. The van der Waals surface area contributed by atoms with Crippen molar-refractivity contribution in [1.82, 2.24) is 26.6 Å². The van der Waals surface area contributed by atoms with Crippen molar-refractivity contribution in [2.45, 2.75) is 69.2 Å². The number of nitrogens with two attached hydrogens (primary N) is 1. The third kappa shape index (κ3) is 10.2. The highest BCUT2D eigenvalue weighted by atomic mass is 16.4. The molecule has 5 amide bonds. The van der Waals surface area contributed by atoms with Crippen LogP contribution in [-0.4, -0.2) is 100 Å². The average molecular weight is 517 g/mol. The Morgan fingerprint density at radius 1 is 0.917 bits per heavy atom. The fraction of sp³-hybridized carbons (Fsp3) is 0.650. The molecule has 1 aliphatic heterocycles. The van der Waals surface area contributed by atoms with Gasteiger partial charge in [-0.1, -0.05) is 0 Å². The fourth-order valence-electron chi connectivity index (χ4n) is 3.26. The number of aliphatic hydroxyl groups excluding tert-OH is 1. The van der Waals surface area contributed by atoms with Gasteiger partial charge in [0.05, 0.1) is 19.1 Å². The Labute approximate surface area is 205 Å². The van der Waals surface area contributed by atoms with E-state index in [1.54, 1.807) is 0 Å². The molecule has 0 aromatic heterocycles. The molecule has 0 aromatic rings. The molecule has 0 unspecified atom stereocenters. The van der Waals surface area contributed by atoms with E-state index in [0.717, 1.165) is 6.42 Å². The molecule has 10 N–H and O–H groups in total. The number of hydrogen-bond donors (Lipinski definition) is 9. The summed E-state index contributed by atoms with van der Waals surface area (Å²) in [6.45, 7) is 1.11. The lowest BCUT2D eigenvalue weighted by Gasteiger charge is -2.24. The summed E-state index contributed by atoms with van der Waals surface area (Å²) in [6.07, 6.45) is -0.393. The van der Waals surface area contributed by atoms with Crippen LogP contribution in [0, 0.1) is 0 Å². The molecule has 0 bridgehead atoms. The van der Waals surface area contributed by atoms with Crippen LogP contribution >= 0.6 is 0 Å². The maximum atomic E-state index is 12.6. The smallest absolute Gasteiger partial charge is 0.326 e. The van der Waals surface area contributed by atoms with Crippen molar-refractivity contribution in [2.24, 2.45) is 5.73 Å². The largest absolute Gasteiger partial charge is 0.481 e. The minimum absolute atomic E-state index is 0.408. The standard InChI is InChI=1S/C20H32N6O10/c1-9(23-17(32)10-3-2-6-22-10)16(31)26-13(8-27)19(34)25-12(7-14(21)28)18(33)24-11(20(35)36)4-5-15(29)30/h9-13,22,27H,2-8H2,1H3,(H2,21,28)(H,23,32)(H,24,33)(H,25,34)(H,26,31)(H,29,30)(H,35,36)/t9-,10-,11-,12-,13-/m0/s1.